The van der Waals surface area contributed by atoms with E-state index in [0.29, 0.717) is 23.7 Å². The predicted octanol–water partition coefficient (Wildman–Crippen LogP) is 8.72. The van der Waals surface area contributed by atoms with Gasteiger partial charge in [0.1, 0.15) is 6.61 Å². The Labute approximate surface area is 213 Å². The molecule has 2 aromatic rings. The molecule has 0 bridgehead atoms. The zero-order chi connectivity index (χ0) is 25.5. The van der Waals surface area contributed by atoms with Crippen molar-refractivity contribution in [1.82, 2.24) is 0 Å². The third kappa shape index (κ3) is 6.42. The third-order valence-electron chi connectivity index (χ3n) is 7.74. The van der Waals surface area contributed by atoms with E-state index < -0.39 is 17.5 Å². The number of benzene rings is 2. The summed E-state index contributed by atoms with van der Waals surface area (Å²) < 4.78 is 55.4. The molecule has 0 N–H and O–H groups in total. The lowest BCUT2D eigenvalue weighted by atomic mass is 9.77. The molecule has 0 aromatic heterocycles. The smallest absolute Gasteiger partial charge is 0.165 e. The number of allylic oxidation sites excluding steroid dienone is 1. The highest BCUT2D eigenvalue weighted by Crippen LogP contribution is 2.41. The zero-order valence-corrected chi connectivity index (χ0v) is 21.2. The van der Waals surface area contributed by atoms with Crippen LogP contribution in [0.1, 0.15) is 86.8 Å². The van der Waals surface area contributed by atoms with Gasteiger partial charge in [-0.1, -0.05) is 43.0 Å². The second kappa shape index (κ2) is 12.6. The van der Waals surface area contributed by atoms with Crippen LogP contribution in [0.15, 0.2) is 49.1 Å². The number of rotatable bonds is 9. The molecule has 4 rings (SSSR count). The fourth-order valence-corrected chi connectivity index (χ4v) is 5.74. The van der Waals surface area contributed by atoms with E-state index in [1.807, 2.05) is 31.2 Å². The lowest BCUT2D eigenvalue weighted by Crippen LogP contribution is -2.21. The standard InChI is InChI=1S/C31H37F3O2/c1-3-19-36-29-18-9-22(20-28(29)32)6-5-21-7-10-23(11-8-21)26-16-17-27(31(34)30(26)33)24-12-14-25(15-13-24)35-4-2/h3,5-6,9,16-18,20-21,23-25H,1,4,7-8,10-15,19H2,2H3/b6-5+. The molecule has 2 saturated carbocycles. The average Bonchev–Trinajstić information content (AvgIpc) is 2.90. The van der Waals surface area contributed by atoms with Crippen molar-refractivity contribution in [3.05, 3.63) is 83.2 Å². The summed E-state index contributed by atoms with van der Waals surface area (Å²) >= 11 is 0. The van der Waals surface area contributed by atoms with Crippen molar-refractivity contribution in [2.45, 2.75) is 76.2 Å². The average molecular weight is 499 g/mol. The predicted molar refractivity (Wildman–Crippen MR) is 139 cm³/mol. The first-order chi connectivity index (χ1) is 17.5. The van der Waals surface area contributed by atoms with Gasteiger partial charge >= 0.3 is 0 Å². The normalized spacial score (nSPS) is 24.7. The van der Waals surface area contributed by atoms with E-state index in [-0.39, 0.29) is 30.3 Å². The SMILES string of the molecule is C=CCOc1ccc(/C=C/C2CCC(c3ccc(C4CCC(OCC)CC4)c(F)c3F)CC2)cc1F. The molecule has 0 atom stereocenters. The fourth-order valence-electron chi connectivity index (χ4n) is 5.74. The molecule has 2 aliphatic carbocycles. The number of ether oxygens (including phenoxy) is 2. The highest BCUT2D eigenvalue weighted by molar-refractivity contribution is 5.51. The quantitative estimate of drug-likeness (QED) is 0.322. The molecule has 0 radical (unpaired) electrons. The van der Waals surface area contributed by atoms with Gasteiger partial charge in [0.2, 0.25) is 0 Å². The van der Waals surface area contributed by atoms with Gasteiger partial charge in [0.15, 0.2) is 23.2 Å². The molecule has 0 heterocycles. The van der Waals surface area contributed by atoms with Gasteiger partial charge in [-0.05, 0) is 105 Å². The van der Waals surface area contributed by atoms with E-state index in [9.17, 15) is 4.39 Å². The summed E-state index contributed by atoms with van der Waals surface area (Å²) in [6, 6.07) is 8.56. The molecule has 2 aliphatic rings. The van der Waals surface area contributed by atoms with Crippen LogP contribution in [0.5, 0.6) is 5.75 Å². The van der Waals surface area contributed by atoms with Crippen molar-refractivity contribution in [1.29, 1.82) is 0 Å². The summed E-state index contributed by atoms with van der Waals surface area (Å²) in [5, 5.41) is 0. The first-order valence-electron chi connectivity index (χ1n) is 13.3. The van der Waals surface area contributed by atoms with Crippen molar-refractivity contribution < 1.29 is 22.6 Å². The van der Waals surface area contributed by atoms with E-state index >= 15 is 8.78 Å². The van der Waals surface area contributed by atoms with Crippen LogP contribution in [0.4, 0.5) is 13.2 Å². The summed E-state index contributed by atoms with van der Waals surface area (Å²) in [6.07, 6.45) is 12.8. The first kappa shape index (κ1) is 26.5. The van der Waals surface area contributed by atoms with Crippen molar-refractivity contribution in [3.63, 3.8) is 0 Å². The van der Waals surface area contributed by atoms with E-state index in [1.54, 1.807) is 12.1 Å². The van der Waals surface area contributed by atoms with Crippen molar-refractivity contribution in [2.75, 3.05) is 13.2 Å². The maximum absolute atomic E-state index is 15.1. The molecular weight excluding hydrogens is 461 g/mol. The van der Waals surface area contributed by atoms with Crippen LogP contribution < -0.4 is 4.74 Å². The van der Waals surface area contributed by atoms with Gasteiger partial charge in [0, 0.05) is 6.61 Å². The van der Waals surface area contributed by atoms with Crippen LogP contribution >= 0.6 is 0 Å². The van der Waals surface area contributed by atoms with Crippen LogP contribution in [0.3, 0.4) is 0 Å². The minimum atomic E-state index is -0.660. The Hall–Kier alpha value is -2.53. The van der Waals surface area contributed by atoms with Crippen LogP contribution in [-0.4, -0.2) is 19.3 Å². The Morgan fingerprint density at radius 1 is 0.861 bits per heavy atom. The monoisotopic (exact) mass is 498 g/mol. The molecule has 2 aromatic carbocycles. The largest absolute Gasteiger partial charge is 0.486 e. The molecular formula is C31H37F3O2. The van der Waals surface area contributed by atoms with Crippen LogP contribution in [0, 0.1) is 23.4 Å². The van der Waals surface area contributed by atoms with Crippen molar-refractivity contribution >= 4 is 6.08 Å². The fraction of sp³-hybridized carbons (Fsp3) is 0.484. The second-order valence-corrected chi connectivity index (χ2v) is 10.1. The maximum Gasteiger partial charge on any atom is 0.165 e. The van der Waals surface area contributed by atoms with Gasteiger partial charge in [-0.2, -0.15) is 0 Å². The number of hydrogen-bond donors (Lipinski definition) is 0. The van der Waals surface area contributed by atoms with Gasteiger partial charge in [-0.15, -0.1) is 0 Å². The van der Waals surface area contributed by atoms with Crippen LogP contribution in [-0.2, 0) is 4.74 Å². The second-order valence-electron chi connectivity index (χ2n) is 10.1. The lowest BCUT2D eigenvalue weighted by molar-refractivity contribution is 0.0325. The molecule has 36 heavy (non-hydrogen) atoms. The van der Waals surface area contributed by atoms with Crippen molar-refractivity contribution in [2.24, 2.45) is 5.92 Å². The Kier molecular flexibility index (Phi) is 9.30. The minimum absolute atomic E-state index is 0.0330. The Balaban J connectivity index is 1.33. The van der Waals surface area contributed by atoms with Crippen LogP contribution in [0.25, 0.3) is 6.08 Å². The Morgan fingerprint density at radius 2 is 1.47 bits per heavy atom. The van der Waals surface area contributed by atoms with Gasteiger partial charge in [0.05, 0.1) is 6.10 Å². The maximum atomic E-state index is 15.1. The molecule has 0 spiro atoms. The van der Waals surface area contributed by atoms with Crippen LogP contribution in [0.2, 0.25) is 0 Å². The van der Waals surface area contributed by atoms with E-state index in [4.69, 9.17) is 9.47 Å². The Morgan fingerprint density at radius 3 is 2.03 bits per heavy atom. The minimum Gasteiger partial charge on any atom is -0.486 e. The first-order valence-corrected chi connectivity index (χ1v) is 13.3. The highest BCUT2D eigenvalue weighted by atomic mass is 19.2. The molecule has 0 unspecified atom stereocenters. The molecule has 0 amide bonds. The van der Waals surface area contributed by atoms with Crippen molar-refractivity contribution in [3.8, 4) is 5.75 Å². The summed E-state index contributed by atoms with van der Waals surface area (Å²) in [5.74, 6) is -1.06. The molecule has 5 heteroatoms. The summed E-state index contributed by atoms with van der Waals surface area (Å²) in [7, 11) is 0. The van der Waals surface area contributed by atoms with Gasteiger partial charge in [-0.25, -0.2) is 13.2 Å². The number of halogens is 3. The molecule has 2 fully saturated rings. The summed E-state index contributed by atoms with van der Waals surface area (Å²) in [4.78, 5) is 0. The van der Waals surface area contributed by atoms with E-state index in [1.165, 1.54) is 6.07 Å². The zero-order valence-electron chi connectivity index (χ0n) is 21.2. The van der Waals surface area contributed by atoms with Gasteiger partial charge in [-0.3, -0.25) is 0 Å². The number of hydrogen-bond acceptors (Lipinski definition) is 2. The molecule has 194 valence electrons. The van der Waals surface area contributed by atoms with Gasteiger partial charge < -0.3 is 9.47 Å². The summed E-state index contributed by atoms with van der Waals surface area (Å²) in [5.41, 5.74) is 1.81. The third-order valence-corrected chi connectivity index (χ3v) is 7.74. The highest BCUT2D eigenvalue weighted by Gasteiger charge is 2.29. The summed E-state index contributed by atoms with van der Waals surface area (Å²) in [6.45, 7) is 6.52. The molecule has 2 nitrogen and oxygen atoms in total. The lowest BCUT2D eigenvalue weighted by Gasteiger charge is -2.30. The van der Waals surface area contributed by atoms with E-state index in [0.717, 1.165) is 56.9 Å². The molecule has 0 aliphatic heterocycles. The topological polar surface area (TPSA) is 18.5 Å². The molecule has 0 saturated heterocycles. The van der Waals surface area contributed by atoms with Gasteiger partial charge in [0.25, 0.3) is 0 Å². The Bertz CT molecular complexity index is 1050. The van der Waals surface area contributed by atoms with E-state index in [2.05, 4.69) is 12.7 Å².